The molecule has 1 aromatic carbocycles. The number of aromatic nitrogens is 1. The molecule has 0 aliphatic carbocycles. The number of nitrogens with zero attached hydrogens (tertiary/aromatic N) is 5. The lowest BCUT2D eigenvalue weighted by atomic mass is 10.2. The van der Waals surface area contributed by atoms with Crippen LogP contribution in [0.2, 0.25) is 5.02 Å². The molecule has 2 saturated heterocycles. The Kier molecular flexibility index (Phi) is 4.64. The average Bonchev–Trinajstić information content (AvgIpc) is 3.55. The number of fused-ring (bicyclic) bond motifs is 2. The molecule has 2 fully saturated rings. The van der Waals surface area contributed by atoms with Crippen LogP contribution in [0.4, 0.5) is 6.01 Å². The van der Waals surface area contributed by atoms with E-state index in [1.165, 1.54) is 5.70 Å². The molecule has 1 atom stereocenters. The Morgan fingerprint density at radius 2 is 2.06 bits per heavy atom. The zero-order chi connectivity index (χ0) is 21.0. The van der Waals surface area contributed by atoms with Crippen molar-refractivity contribution in [2.75, 3.05) is 55.8 Å². The summed E-state index contributed by atoms with van der Waals surface area (Å²) in [4.78, 5) is 21.8. The van der Waals surface area contributed by atoms with E-state index in [4.69, 9.17) is 16.0 Å². The van der Waals surface area contributed by atoms with Crippen molar-refractivity contribution in [1.29, 1.82) is 0 Å². The SMILES string of the molecule is O=C(C1=CC2=CC=C[N@@+]2(N2CCN(c3nc4cc(Cl)ccc4o3)CC2)C1)N1CCSC1. The van der Waals surface area contributed by atoms with Crippen molar-refractivity contribution in [1.82, 2.24) is 14.9 Å². The molecule has 0 spiro atoms. The summed E-state index contributed by atoms with van der Waals surface area (Å²) in [5.74, 6) is 2.03. The number of quaternary nitrogens is 1. The minimum atomic E-state index is 0.190. The van der Waals surface area contributed by atoms with Crippen LogP contribution in [0, 0.1) is 0 Å². The number of anilines is 1. The predicted octanol–water partition coefficient (Wildman–Crippen LogP) is 3.22. The molecule has 0 N–H and O–H groups in total. The summed E-state index contributed by atoms with van der Waals surface area (Å²) >= 11 is 7.91. The van der Waals surface area contributed by atoms with Crippen molar-refractivity contribution in [2.45, 2.75) is 0 Å². The van der Waals surface area contributed by atoms with E-state index in [2.05, 4.69) is 39.3 Å². The largest absolute Gasteiger partial charge is 0.423 e. The van der Waals surface area contributed by atoms with Gasteiger partial charge in [-0.2, -0.15) is 9.58 Å². The van der Waals surface area contributed by atoms with Crippen molar-refractivity contribution >= 4 is 46.4 Å². The Labute approximate surface area is 189 Å². The van der Waals surface area contributed by atoms with Gasteiger partial charge in [-0.1, -0.05) is 11.6 Å². The minimum absolute atomic E-state index is 0.190. The first-order valence-corrected chi connectivity index (χ1v) is 12.1. The standard InChI is InChI=1S/C22H23ClN5O2S/c23-17-3-4-20-19(13-17)24-22(30-20)25-5-7-27(8-6-25)28-10-1-2-18(28)12-16(14-28)21(29)26-9-11-31-15-26/h1-4,10,12-13H,5-9,11,14-15H2/q+1/t28-/m1/s1. The molecule has 1 aromatic heterocycles. The van der Waals surface area contributed by atoms with Crippen LogP contribution in [0.25, 0.3) is 11.1 Å². The number of halogens is 1. The molecule has 1 amide bonds. The summed E-state index contributed by atoms with van der Waals surface area (Å²) < 4.78 is 6.58. The molecule has 4 aliphatic heterocycles. The summed E-state index contributed by atoms with van der Waals surface area (Å²) in [6, 6.07) is 6.16. The molecule has 9 heteroatoms. The van der Waals surface area contributed by atoms with Gasteiger partial charge in [0, 0.05) is 42.6 Å². The van der Waals surface area contributed by atoms with Gasteiger partial charge in [0.2, 0.25) is 0 Å². The first-order valence-electron chi connectivity index (χ1n) is 10.5. The number of benzene rings is 1. The number of allylic oxidation sites excluding steroid dienone is 3. The number of hydrogen-bond donors (Lipinski definition) is 0. The molecular weight excluding hydrogens is 434 g/mol. The molecule has 31 heavy (non-hydrogen) atoms. The van der Waals surface area contributed by atoms with Crippen molar-refractivity contribution in [2.24, 2.45) is 0 Å². The van der Waals surface area contributed by atoms with Gasteiger partial charge in [0.25, 0.3) is 11.9 Å². The molecule has 5 heterocycles. The van der Waals surface area contributed by atoms with Gasteiger partial charge in [-0.25, -0.2) is 0 Å². The van der Waals surface area contributed by atoms with Crippen molar-refractivity contribution in [3.63, 3.8) is 0 Å². The van der Waals surface area contributed by atoms with Gasteiger partial charge in [0.05, 0.1) is 24.5 Å². The Morgan fingerprint density at radius 3 is 2.87 bits per heavy atom. The first kappa shape index (κ1) is 19.4. The lowest BCUT2D eigenvalue weighted by molar-refractivity contribution is -0.948. The third-order valence-corrected chi connectivity index (χ3v) is 7.67. The molecule has 0 radical (unpaired) electrons. The minimum Gasteiger partial charge on any atom is -0.423 e. The lowest BCUT2D eigenvalue weighted by Gasteiger charge is -2.43. The Balaban J connectivity index is 1.17. The van der Waals surface area contributed by atoms with Gasteiger partial charge in [0.1, 0.15) is 18.3 Å². The van der Waals surface area contributed by atoms with Crippen molar-refractivity contribution < 1.29 is 13.8 Å². The fourth-order valence-corrected chi connectivity index (χ4v) is 5.93. The highest BCUT2D eigenvalue weighted by Gasteiger charge is 2.48. The number of carbonyl (C=O) groups excluding carboxylic acids is 1. The van der Waals surface area contributed by atoms with Gasteiger partial charge in [0.15, 0.2) is 11.3 Å². The van der Waals surface area contributed by atoms with Crippen LogP contribution >= 0.6 is 23.4 Å². The highest BCUT2D eigenvalue weighted by Crippen LogP contribution is 2.38. The Hall–Kier alpha value is -2.26. The van der Waals surface area contributed by atoms with E-state index in [-0.39, 0.29) is 5.91 Å². The second-order valence-corrected chi connectivity index (χ2v) is 9.75. The fraction of sp³-hybridized carbons (Fsp3) is 0.364. The normalized spacial score (nSPS) is 26.0. The maximum absolute atomic E-state index is 13.0. The maximum Gasteiger partial charge on any atom is 0.298 e. The number of carbonyl (C=O) groups is 1. The smallest absolute Gasteiger partial charge is 0.298 e. The summed E-state index contributed by atoms with van der Waals surface area (Å²) in [7, 11) is 0. The van der Waals surface area contributed by atoms with Crippen LogP contribution in [0.3, 0.4) is 0 Å². The Bertz CT molecular complexity index is 1140. The number of amides is 1. The van der Waals surface area contributed by atoms with Gasteiger partial charge in [-0.05, 0) is 24.3 Å². The molecule has 2 aromatic rings. The molecule has 7 nitrogen and oxygen atoms in total. The van der Waals surface area contributed by atoms with E-state index >= 15 is 0 Å². The second-order valence-electron chi connectivity index (χ2n) is 8.24. The van der Waals surface area contributed by atoms with Gasteiger partial charge in [-0.3, -0.25) is 4.79 Å². The van der Waals surface area contributed by atoms with Crippen LogP contribution in [0.1, 0.15) is 0 Å². The molecule has 0 bridgehead atoms. The predicted molar refractivity (Wildman–Crippen MR) is 122 cm³/mol. The molecule has 0 unspecified atom stereocenters. The van der Waals surface area contributed by atoms with Crippen molar-refractivity contribution in [3.8, 4) is 0 Å². The zero-order valence-corrected chi connectivity index (χ0v) is 18.6. The quantitative estimate of drug-likeness (QED) is 0.661. The highest BCUT2D eigenvalue weighted by molar-refractivity contribution is 7.99. The molecule has 6 rings (SSSR count). The summed E-state index contributed by atoms with van der Waals surface area (Å²) in [6.07, 6.45) is 8.55. The molecule has 0 saturated carbocycles. The van der Waals surface area contributed by atoms with Crippen LogP contribution in [0.15, 0.2) is 58.3 Å². The van der Waals surface area contributed by atoms with Crippen LogP contribution in [-0.4, -0.2) is 76.3 Å². The Morgan fingerprint density at radius 1 is 1.19 bits per heavy atom. The highest BCUT2D eigenvalue weighted by atomic mass is 35.5. The van der Waals surface area contributed by atoms with E-state index in [1.54, 1.807) is 0 Å². The topological polar surface area (TPSA) is 52.8 Å². The van der Waals surface area contributed by atoms with Crippen LogP contribution in [-0.2, 0) is 4.79 Å². The van der Waals surface area contributed by atoms with E-state index in [0.29, 0.717) is 22.2 Å². The number of thioether (sulfide) groups is 1. The van der Waals surface area contributed by atoms with E-state index < -0.39 is 0 Å². The molecule has 160 valence electrons. The third-order valence-electron chi connectivity index (χ3n) is 6.46. The third kappa shape index (κ3) is 3.20. The number of hydrogen-bond acceptors (Lipinski definition) is 6. The zero-order valence-electron chi connectivity index (χ0n) is 17.0. The second kappa shape index (κ2) is 7.41. The van der Waals surface area contributed by atoms with Crippen LogP contribution < -0.4 is 4.90 Å². The number of oxazole rings is 1. The van der Waals surface area contributed by atoms with Crippen LogP contribution in [0.5, 0.6) is 0 Å². The summed E-state index contributed by atoms with van der Waals surface area (Å²) in [5, 5.41) is 3.11. The van der Waals surface area contributed by atoms with Gasteiger partial charge in [-0.15, -0.1) is 16.8 Å². The maximum atomic E-state index is 13.0. The fourth-order valence-electron chi connectivity index (χ4n) is 4.82. The monoisotopic (exact) mass is 456 g/mol. The van der Waals surface area contributed by atoms with Gasteiger partial charge >= 0.3 is 0 Å². The van der Waals surface area contributed by atoms with E-state index in [0.717, 1.165) is 61.0 Å². The van der Waals surface area contributed by atoms with E-state index in [1.807, 2.05) is 34.9 Å². The van der Waals surface area contributed by atoms with Crippen molar-refractivity contribution in [3.05, 3.63) is 58.9 Å². The summed E-state index contributed by atoms with van der Waals surface area (Å²) in [6.45, 7) is 4.89. The first-order chi connectivity index (χ1) is 15.1. The number of piperazine rings is 1. The molecule has 4 aliphatic rings. The lowest BCUT2D eigenvalue weighted by Crippen LogP contribution is -2.60. The summed E-state index contributed by atoms with van der Waals surface area (Å²) in [5.41, 5.74) is 3.63. The average molecular weight is 457 g/mol. The van der Waals surface area contributed by atoms with E-state index in [9.17, 15) is 4.79 Å². The molecular formula is C22H23ClN5O2S+. The van der Waals surface area contributed by atoms with Gasteiger partial charge < -0.3 is 14.2 Å². The number of rotatable bonds is 3.